The van der Waals surface area contributed by atoms with E-state index in [-0.39, 0.29) is 0 Å². The van der Waals surface area contributed by atoms with E-state index in [1.165, 1.54) is 17.7 Å². The van der Waals surface area contributed by atoms with Gasteiger partial charge in [-0.3, -0.25) is 0 Å². The summed E-state index contributed by atoms with van der Waals surface area (Å²) in [5, 5.41) is 1.30. The Balaban J connectivity index is 2.65. The monoisotopic (exact) mass is 257 g/mol. The molecule has 0 aromatic heterocycles. The van der Waals surface area contributed by atoms with E-state index in [4.69, 9.17) is 17.3 Å². The summed E-state index contributed by atoms with van der Waals surface area (Å²) in [7, 11) is 0. The predicted octanol–water partition coefficient (Wildman–Crippen LogP) is 4.20. The molecule has 1 atom stereocenters. The van der Waals surface area contributed by atoms with Crippen molar-refractivity contribution in [3.05, 3.63) is 29.3 Å². The van der Waals surface area contributed by atoms with Crippen LogP contribution in [0, 0.1) is 5.92 Å². The lowest BCUT2D eigenvalue weighted by Crippen LogP contribution is -2.25. The van der Waals surface area contributed by atoms with Crippen molar-refractivity contribution in [1.82, 2.24) is 0 Å². The highest BCUT2D eigenvalue weighted by molar-refractivity contribution is 8.00. The van der Waals surface area contributed by atoms with Crippen molar-refractivity contribution >= 4 is 23.4 Å². The average Bonchev–Trinajstić information content (AvgIpc) is 2.32. The molecule has 90 valence electrons. The molecule has 0 fully saturated rings. The fraction of sp³-hybridized carbons (Fsp3) is 0.538. The summed E-state index contributed by atoms with van der Waals surface area (Å²) < 4.78 is 0. The topological polar surface area (TPSA) is 26.0 Å². The fourth-order valence-corrected chi connectivity index (χ4v) is 3.28. The Kier molecular flexibility index (Phi) is 6.25. The van der Waals surface area contributed by atoms with Crippen LogP contribution in [0.2, 0.25) is 5.02 Å². The minimum atomic E-state index is 0.510. The van der Waals surface area contributed by atoms with E-state index < -0.39 is 0 Å². The summed E-state index contributed by atoms with van der Waals surface area (Å²) in [6.07, 6.45) is 2.39. The molecule has 2 N–H and O–H groups in total. The van der Waals surface area contributed by atoms with Crippen molar-refractivity contribution in [1.29, 1.82) is 0 Å². The second-order valence-electron chi connectivity index (χ2n) is 3.92. The first-order chi connectivity index (χ1) is 7.71. The Morgan fingerprint density at radius 2 is 1.75 bits per heavy atom. The minimum absolute atomic E-state index is 0.510. The average molecular weight is 258 g/mol. The molecule has 3 heteroatoms. The number of hydrogen-bond acceptors (Lipinski definition) is 2. The number of rotatable bonds is 6. The molecule has 0 spiro atoms. The first-order valence-corrected chi connectivity index (χ1v) is 7.09. The molecule has 0 saturated carbocycles. The summed E-state index contributed by atoms with van der Waals surface area (Å²) in [5.41, 5.74) is 5.86. The van der Waals surface area contributed by atoms with Crippen molar-refractivity contribution < 1.29 is 0 Å². The Bertz CT molecular complexity index is 295. The van der Waals surface area contributed by atoms with Crippen LogP contribution in [0.1, 0.15) is 26.7 Å². The molecule has 0 aliphatic heterocycles. The van der Waals surface area contributed by atoms with Crippen LogP contribution in [0.4, 0.5) is 0 Å². The van der Waals surface area contributed by atoms with Gasteiger partial charge in [0.1, 0.15) is 0 Å². The predicted molar refractivity (Wildman–Crippen MR) is 74.2 cm³/mol. The van der Waals surface area contributed by atoms with Crippen LogP contribution in [0.25, 0.3) is 0 Å². The largest absolute Gasteiger partial charge is 0.329 e. The van der Waals surface area contributed by atoms with Gasteiger partial charge >= 0.3 is 0 Å². The number of benzene rings is 1. The maximum atomic E-state index is 5.87. The molecule has 1 unspecified atom stereocenters. The molecule has 0 radical (unpaired) electrons. The lowest BCUT2D eigenvalue weighted by atomic mass is 9.99. The van der Waals surface area contributed by atoms with Crippen LogP contribution in [-0.4, -0.2) is 11.8 Å². The van der Waals surface area contributed by atoms with Crippen LogP contribution in [-0.2, 0) is 0 Å². The van der Waals surface area contributed by atoms with Gasteiger partial charge in [0.25, 0.3) is 0 Å². The Morgan fingerprint density at radius 3 is 2.19 bits per heavy atom. The summed E-state index contributed by atoms with van der Waals surface area (Å²) in [6, 6.07) is 8.00. The molecule has 0 aliphatic rings. The zero-order valence-electron chi connectivity index (χ0n) is 9.95. The number of hydrogen-bond donors (Lipinski definition) is 1. The van der Waals surface area contributed by atoms with Gasteiger partial charge in [0.2, 0.25) is 0 Å². The molecule has 0 bridgehead atoms. The SMILES string of the molecule is CCC(CC)C(CN)Sc1ccc(Cl)cc1. The third-order valence-corrected chi connectivity index (χ3v) is 4.58. The normalized spacial score (nSPS) is 13.1. The second kappa shape index (κ2) is 7.21. The standard InChI is InChI=1S/C13H20ClNS/c1-3-10(4-2)13(9-15)16-12-7-5-11(14)6-8-12/h5-8,10,13H,3-4,9,15H2,1-2H3. The fourth-order valence-electron chi connectivity index (χ4n) is 1.84. The third-order valence-electron chi connectivity index (χ3n) is 2.91. The number of thioether (sulfide) groups is 1. The zero-order valence-corrected chi connectivity index (χ0v) is 11.5. The molecular weight excluding hydrogens is 238 g/mol. The molecule has 1 rings (SSSR count). The van der Waals surface area contributed by atoms with Crippen molar-refractivity contribution in [3.63, 3.8) is 0 Å². The van der Waals surface area contributed by atoms with Crippen LogP contribution < -0.4 is 5.73 Å². The molecule has 0 heterocycles. The number of nitrogens with two attached hydrogens (primary N) is 1. The van der Waals surface area contributed by atoms with E-state index in [0.717, 1.165) is 11.6 Å². The highest BCUT2D eigenvalue weighted by atomic mass is 35.5. The van der Waals surface area contributed by atoms with Crippen molar-refractivity contribution in [2.75, 3.05) is 6.54 Å². The maximum Gasteiger partial charge on any atom is 0.0406 e. The van der Waals surface area contributed by atoms with E-state index in [2.05, 4.69) is 26.0 Å². The molecule has 1 nitrogen and oxygen atoms in total. The van der Waals surface area contributed by atoms with Crippen LogP contribution in [0.5, 0.6) is 0 Å². The van der Waals surface area contributed by atoms with Gasteiger partial charge in [-0.25, -0.2) is 0 Å². The second-order valence-corrected chi connectivity index (χ2v) is 5.67. The van der Waals surface area contributed by atoms with Crippen molar-refractivity contribution in [2.24, 2.45) is 11.7 Å². The third kappa shape index (κ3) is 4.00. The van der Waals surface area contributed by atoms with Gasteiger partial charge in [-0.15, -0.1) is 11.8 Å². The van der Waals surface area contributed by atoms with Crippen LogP contribution in [0.15, 0.2) is 29.2 Å². The van der Waals surface area contributed by atoms with E-state index >= 15 is 0 Å². The van der Waals surface area contributed by atoms with E-state index in [1.807, 2.05) is 23.9 Å². The quantitative estimate of drug-likeness (QED) is 0.773. The summed E-state index contributed by atoms with van der Waals surface area (Å²) in [6.45, 7) is 5.21. The number of halogens is 1. The molecule has 0 saturated heterocycles. The first kappa shape index (κ1) is 13.9. The van der Waals surface area contributed by atoms with Gasteiger partial charge < -0.3 is 5.73 Å². The summed E-state index contributed by atoms with van der Waals surface area (Å²) in [4.78, 5) is 1.26. The molecule has 0 aliphatic carbocycles. The van der Waals surface area contributed by atoms with Gasteiger partial charge in [-0.1, -0.05) is 38.3 Å². The Hall–Kier alpha value is -0.180. The van der Waals surface area contributed by atoms with Gasteiger partial charge in [-0.05, 0) is 30.2 Å². The van der Waals surface area contributed by atoms with Gasteiger partial charge in [0.15, 0.2) is 0 Å². The zero-order chi connectivity index (χ0) is 12.0. The molecule has 1 aromatic carbocycles. The highest BCUT2D eigenvalue weighted by Crippen LogP contribution is 2.31. The maximum absolute atomic E-state index is 5.87. The van der Waals surface area contributed by atoms with Gasteiger partial charge in [0, 0.05) is 21.7 Å². The summed E-state index contributed by atoms with van der Waals surface area (Å²) >= 11 is 7.74. The van der Waals surface area contributed by atoms with Gasteiger partial charge in [-0.2, -0.15) is 0 Å². The van der Waals surface area contributed by atoms with E-state index in [9.17, 15) is 0 Å². The minimum Gasteiger partial charge on any atom is -0.329 e. The smallest absolute Gasteiger partial charge is 0.0406 e. The van der Waals surface area contributed by atoms with E-state index in [0.29, 0.717) is 11.2 Å². The van der Waals surface area contributed by atoms with Crippen molar-refractivity contribution in [3.8, 4) is 0 Å². The van der Waals surface area contributed by atoms with Crippen molar-refractivity contribution in [2.45, 2.75) is 36.8 Å². The van der Waals surface area contributed by atoms with E-state index in [1.54, 1.807) is 0 Å². The molecular formula is C13H20ClNS. The lowest BCUT2D eigenvalue weighted by Gasteiger charge is -2.23. The Labute approximate surface area is 108 Å². The van der Waals surface area contributed by atoms with Crippen LogP contribution >= 0.6 is 23.4 Å². The molecule has 1 aromatic rings. The highest BCUT2D eigenvalue weighted by Gasteiger charge is 2.17. The molecule has 16 heavy (non-hydrogen) atoms. The lowest BCUT2D eigenvalue weighted by molar-refractivity contribution is 0.475. The van der Waals surface area contributed by atoms with Gasteiger partial charge in [0.05, 0.1) is 0 Å². The van der Waals surface area contributed by atoms with Crippen LogP contribution in [0.3, 0.4) is 0 Å². The molecule has 0 amide bonds. The Morgan fingerprint density at radius 1 is 1.19 bits per heavy atom. The summed E-state index contributed by atoms with van der Waals surface area (Å²) in [5.74, 6) is 0.700. The first-order valence-electron chi connectivity index (χ1n) is 5.83.